The molecule has 8 nitrogen and oxygen atoms in total. The van der Waals surface area contributed by atoms with Gasteiger partial charge < -0.3 is 9.64 Å². The Morgan fingerprint density at radius 2 is 1.81 bits per heavy atom. The number of carbonyl (C=O) groups is 1. The highest BCUT2D eigenvalue weighted by molar-refractivity contribution is 7.89. The van der Waals surface area contributed by atoms with Gasteiger partial charge in [0.05, 0.1) is 11.4 Å². The van der Waals surface area contributed by atoms with Crippen molar-refractivity contribution in [3.63, 3.8) is 0 Å². The van der Waals surface area contributed by atoms with E-state index in [0.717, 1.165) is 5.56 Å². The van der Waals surface area contributed by atoms with E-state index in [1.807, 2.05) is 20.8 Å². The number of hydrogen-bond donors (Lipinski definition) is 0. The molecular formula is C21H29ClN4O4S. The maximum Gasteiger partial charge on any atom is 0.260 e. The van der Waals surface area contributed by atoms with Crippen LogP contribution in [0.3, 0.4) is 0 Å². The highest BCUT2D eigenvalue weighted by atomic mass is 35.5. The van der Waals surface area contributed by atoms with E-state index >= 15 is 0 Å². The van der Waals surface area contributed by atoms with Gasteiger partial charge in [0.1, 0.15) is 10.6 Å². The van der Waals surface area contributed by atoms with Crippen LogP contribution in [0.25, 0.3) is 0 Å². The number of rotatable bonds is 6. The summed E-state index contributed by atoms with van der Waals surface area (Å²) in [7, 11) is -3.68. The summed E-state index contributed by atoms with van der Waals surface area (Å²) in [5.74, 6) is 0.429. The average molecular weight is 469 g/mol. The highest BCUT2D eigenvalue weighted by Crippen LogP contribution is 2.26. The largest absolute Gasteiger partial charge is 0.483 e. The molecule has 1 aromatic heterocycles. The molecule has 0 saturated carbocycles. The van der Waals surface area contributed by atoms with Crippen LogP contribution in [0.2, 0.25) is 5.02 Å². The van der Waals surface area contributed by atoms with Gasteiger partial charge in [-0.3, -0.25) is 9.48 Å². The smallest absolute Gasteiger partial charge is 0.260 e. The Labute approximate surface area is 188 Å². The number of hydrogen-bond acceptors (Lipinski definition) is 5. The van der Waals surface area contributed by atoms with E-state index < -0.39 is 10.0 Å². The Morgan fingerprint density at radius 1 is 1.16 bits per heavy atom. The summed E-state index contributed by atoms with van der Waals surface area (Å²) in [5.41, 5.74) is 1.98. The van der Waals surface area contributed by atoms with Crippen molar-refractivity contribution < 1.29 is 17.9 Å². The van der Waals surface area contributed by atoms with E-state index in [9.17, 15) is 13.2 Å². The Bertz CT molecular complexity index is 1070. The second-order valence-corrected chi connectivity index (χ2v) is 10.3. The number of ether oxygens (including phenoxy) is 1. The van der Waals surface area contributed by atoms with Crippen molar-refractivity contribution in [1.82, 2.24) is 19.0 Å². The molecule has 170 valence electrons. The fourth-order valence-electron chi connectivity index (χ4n) is 3.84. The first kappa shape index (κ1) is 23.6. The van der Waals surface area contributed by atoms with Gasteiger partial charge in [0.15, 0.2) is 6.61 Å². The van der Waals surface area contributed by atoms with E-state index in [0.29, 0.717) is 35.2 Å². The van der Waals surface area contributed by atoms with E-state index in [-0.39, 0.29) is 36.5 Å². The lowest BCUT2D eigenvalue weighted by Gasteiger charge is -2.34. The lowest BCUT2D eigenvalue weighted by Crippen LogP contribution is -2.51. The third kappa shape index (κ3) is 4.88. The predicted molar refractivity (Wildman–Crippen MR) is 119 cm³/mol. The summed E-state index contributed by atoms with van der Waals surface area (Å²) in [6.07, 6.45) is 0. The molecule has 10 heteroatoms. The number of aromatic nitrogens is 2. The van der Waals surface area contributed by atoms with Gasteiger partial charge in [-0.05, 0) is 58.4 Å². The normalized spacial score (nSPS) is 15.5. The van der Waals surface area contributed by atoms with Gasteiger partial charge in [-0.2, -0.15) is 9.40 Å². The number of carbonyl (C=O) groups excluding carboxylic acids is 1. The van der Waals surface area contributed by atoms with Gasteiger partial charge in [-0.15, -0.1) is 0 Å². The standard InChI is InChI=1S/C21H29ClN4O4S/c1-14(2)26-17(5)21(16(4)23-26)31(28,29)25-10-8-24(9-11-25)20(27)13-30-19-7-6-18(22)12-15(19)3/h6-7,12,14H,8-11,13H2,1-5H3. The molecule has 0 aliphatic carbocycles. The second kappa shape index (κ2) is 9.18. The molecule has 31 heavy (non-hydrogen) atoms. The second-order valence-electron chi connectivity index (χ2n) is 8.02. The summed E-state index contributed by atoms with van der Waals surface area (Å²) in [6.45, 7) is 10.3. The minimum absolute atomic E-state index is 0.0707. The molecule has 0 unspecified atom stereocenters. The van der Waals surface area contributed by atoms with Crippen molar-refractivity contribution in [3.05, 3.63) is 40.2 Å². The van der Waals surface area contributed by atoms with Crippen LogP contribution in [-0.2, 0) is 14.8 Å². The van der Waals surface area contributed by atoms with Gasteiger partial charge in [0.2, 0.25) is 10.0 Å². The summed E-state index contributed by atoms with van der Waals surface area (Å²) in [4.78, 5) is 14.5. The predicted octanol–water partition coefficient (Wildman–Crippen LogP) is 2.95. The maximum absolute atomic E-state index is 13.3. The Hall–Kier alpha value is -2.10. The lowest BCUT2D eigenvalue weighted by molar-refractivity contribution is -0.134. The van der Waals surface area contributed by atoms with Crippen molar-refractivity contribution in [2.75, 3.05) is 32.8 Å². The van der Waals surface area contributed by atoms with Gasteiger partial charge in [0, 0.05) is 37.2 Å². The van der Waals surface area contributed by atoms with Crippen LogP contribution in [0.1, 0.15) is 36.8 Å². The molecule has 1 amide bonds. The molecule has 0 atom stereocenters. The maximum atomic E-state index is 13.3. The highest BCUT2D eigenvalue weighted by Gasteiger charge is 2.34. The number of halogens is 1. The number of sulfonamides is 1. The zero-order chi connectivity index (χ0) is 22.9. The van der Waals surface area contributed by atoms with E-state index in [1.165, 1.54) is 4.31 Å². The first-order valence-corrected chi connectivity index (χ1v) is 12.1. The summed E-state index contributed by atoms with van der Waals surface area (Å²) in [6, 6.07) is 5.29. The Kier molecular flexibility index (Phi) is 6.98. The molecule has 1 aliphatic rings. The van der Waals surface area contributed by atoms with E-state index in [1.54, 1.807) is 41.6 Å². The Balaban J connectivity index is 1.63. The van der Waals surface area contributed by atoms with Crippen LogP contribution in [0.5, 0.6) is 5.75 Å². The topological polar surface area (TPSA) is 84.7 Å². The number of amides is 1. The van der Waals surface area contributed by atoms with Crippen molar-refractivity contribution in [3.8, 4) is 5.75 Å². The number of nitrogens with zero attached hydrogens (tertiary/aromatic N) is 4. The van der Waals surface area contributed by atoms with Crippen LogP contribution in [0, 0.1) is 20.8 Å². The molecule has 0 radical (unpaired) electrons. The number of benzene rings is 1. The summed E-state index contributed by atoms with van der Waals surface area (Å²) >= 11 is 5.94. The molecule has 1 fully saturated rings. The van der Waals surface area contributed by atoms with Crippen LogP contribution >= 0.6 is 11.6 Å². The minimum atomic E-state index is -3.68. The molecule has 3 rings (SSSR count). The fourth-order valence-corrected chi connectivity index (χ4v) is 5.85. The van der Waals surface area contributed by atoms with Gasteiger partial charge in [-0.1, -0.05) is 11.6 Å². The molecule has 0 spiro atoms. The molecule has 1 aliphatic heterocycles. The molecule has 0 bridgehead atoms. The zero-order valence-corrected chi connectivity index (χ0v) is 20.1. The van der Waals surface area contributed by atoms with Gasteiger partial charge in [0.25, 0.3) is 5.91 Å². The van der Waals surface area contributed by atoms with Crippen LogP contribution in [0.15, 0.2) is 23.1 Å². The minimum Gasteiger partial charge on any atom is -0.483 e. The van der Waals surface area contributed by atoms with Crippen molar-refractivity contribution in [2.24, 2.45) is 0 Å². The summed E-state index contributed by atoms with van der Waals surface area (Å²) < 4.78 is 35.3. The van der Waals surface area contributed by atoms with Gasteiger partial charge in [-0.25, -0.2) is 8.42 Å². The SMILES string of the molecule is Cc1cc(Cl)ccc1OCC(=O)N1CCN(S(=O)(=O)c2c(C)nn(C(C)C)c2C)CC1. The third-order valence-corrected chi connectivity index (χ3v) is 7.81. The first-order valence-electron chi connectivity index (χ1n) is 10.2. The number of aryl methyl sites for hydroxylation is 2. The van der Waals surface area contributed by atoms with Crippen LogP contribution in [0.4, 0.5) is 0 Å². The molecule has 1 saturated heterocycles. The van der Waals surface area contributed by atoms with Gasteiger partial charge >= 0.3 is 0 Å². The average Bonchev–Trinajstić information content (AvgIpc) is 3.02. The molecule has 2 aromatic rings. The van der Waals surface area contributed by atoms with Crippen molar-refractivity contribution in [2.45, 2.75) is 45.6 Å². The lowest BCUT2D eigenvalue weighted by atomic mass is 10.2. The molecule has 2 heterocycles. The monoisotopic (exact) mass is 468 g/mol. The molecule has 0 N–H and O–H groups in total. The molecule has 1 aromatic carbocycles. The third-order valence-electron chi connectivity index (χ3n) is 5.43. The van der Waals surface area contributed by atoms with Crippen molar-refractivity contribution >= 4 is 27.5 Å². The molecular weight excluding hydrogens is 440 g/mol. The quantitative estimate of drug-likeness (QED) is 0.650. The summed E-state index contributed by atoms with van der Waals surface area (Å²) in [5, 5.41) is 5.01. The fraction of sp³-hybridized carbons (Fsp3) is 0.524. The van der Waals surface area contributed by atoms with Crippen LogP contribution in [-0.4, -0.2) is 66.1 Å². The van der Waals surface area contributed by atoms with Crippen LogP contribution < -0.4 is 4.74 Å². The van der Waals surface area contributed by atoms with Crippen molar-refractivity contribution in [1.29, 1.82) is 0 Å². The zero-order valence-electron chi connectivity index (χ0n) is 18.6. The first-order chi connectivity index (χ1) is 14.5. The number of piperazine rings is 1. The Morgan fingerprint density at radius 3 is 2.35 bits per heavy atom. The van der Waals surface area contributed by atoms with E-state index in [2.05, 4.69) is 5.10 Å². The van der Waals surface area contributed by atoms with E-state index in [4.69, 9.17) is 16.3 Å².